The molecule has 2 heterocycles. The number of halogens is 1. The van der Waals surface area contributed by atoms with E-state index in [4.69, 9.17) is 15.2 Å². The minimum atomic E-state index is -1.53. The molecular formula is C17H19FN4O4. The summed E-state index contributed by atoms with van der Waals surface area (Å²) in [6.07, 6.45) is 0.264. The number of hydrogen-bond acceptors (Lipinski definition) is 6. The molecule has 8 nitrogen and oxygen atoms in total. The highest BCUT2D eigenvalue weighted by Crippen LogP contribution is 2.30. The number of ether oxygens (including phenoxy) is 2. The van der Waals surface area contributed by atoms with Crippen LogP contribution >= 0.6 is 0 Å². The number of primary amides is 1. The van der Waals surface area contributed by atoms with E-state index in [2.05, 4.69) is 15.3 Å². The molecule has 2 unspecified atom stereocenters. The molecule has 0 saturated carbocycles. The van der Waals surface area contributed by atoms with E-state index in [0.29, 0.717) is 17.3 Å². The standard InChI is InChI=1S/C17H19FN4O4/c1-3-8-12(22-16(24)14(8)18)6-26-17-9-5-13(25-2)10(15(19)23)4-11(9)20-7-21-17/h4-5,7-8,12,14H,3,6H2,1-2H3,(H2,19,23)(H,22,24)/t8?,12?,14-/m0/s1. The number of nitrogens with two attached hydrogens (primary N) is 1. The molecule has 0 aliphatic carbocycles. The van der Waals surface area contributed by atoms with Gasteiger partial charge in [-0.3, -0.25) is 9.59 Å². The average Bonchev–Trinajstić information content (AvgIpc) is 2.91. The van der Waals surface area contributed by atoms with Crippen LogP contribution in [0.3, 0.4) is 0 Å². The van der Waals surface area contributed by atoms with Crippen LogP contribution in [-0.2, 0) is 4.79 Å². The third-order valence-electron chi connectivity index (χ3n) is 4.53. The van der Waals surface area contributed by atoms with Crippen molar-refractivity contribution in [3.05, 3.63) is 24.0 Å². The highest BCUT2D eigenvalue weighted by atomic mass is 19.1. The quantitative estimate of drug-likeness (QED) is 0.791. The van der Waals surface area contributed by atoms with E-state index < -0.39 is 29.9 Å². The molecule has 26 heavy (non-hydrogen) atoms. The van der Waals surface area contributed by atoms with Gasteiger partial charge in [0.2, 0.25) is 5.88 Å². The third-order valence-corrected chi connectivity index (χ3v) is 4.53. The molecule has 1 aliphatic heterocycles. The fourth-order valence-corrected chi connectivity index (χ4v) is 3.13. The van der Waals surface area contributed by atoms with Crippen LogP contribution in [0.15, 0.2) is 18.5 Å². The van der Waals surface area contributed by atoms with Crippen molar-refractivity contribution in [1.29, 1.82) is 0 Å². The Bertz CT molecular complexity index is 860. The lowest BCUT2D eigenvalue weighted by atomic mass is 9.97. The Kier molecular flexibility index (Phi) is 4.88. The van der Waals surface area contributed by atoms with Gasteiger partial charge in [-0.1, -0.05) is 6.92 Å². The van der Waals surface area contributed by atoms with Crippen molar-refractivity contribution in [2.24, 2.45) is 11.7 Å². The minimum absolute atomic E-state index is 0.0661. The zero-order valence-corrected chi connectivity index (χ0v) is 14.4. The number of rotatable bonds is 6. The van der Waals surface area contributed by atoms with Crippen LogP contribution in [0.1, 0.15) is 23.7 Å². The molecule has 3 N–H and O–H groups in total. The monoisotopic (exact) mass is 362 g/mol. The number of benzene rings is 1. The molecule has 1 aliphatic rings. The number of nitrogens with zero attached hydrogens (tertiary/aromatic N) is 2. The van der Waals surface area contributed by atoms with Gasteiger partial charge in [0.15, 0.2) is 6.17 Å². The summed E-state index contributed by atoms with van der Waals surface area (Å²) in [5, 5.41) is 3.12. The second-order valence-corrected chi connectivity index (χ2v) is 6.01. The number of carbonyl (C=O) groups excluding carboxylic acids is 2. The lowest BCUT2D eigenvalue weighted by molar-refractivity contribution is -0.123. The Morgan fingerprint density at radius 1 is 1.38 bits per heavy atom. The number of fused-ring (bicyclic) bond motifs is 1. The first kappa shape index (κ1) is 17.8. The Morgan fingerprint density at radius 2 is 2.15 bits per heavy atom. The van der Waals surface area contributed by atoms with E-state index in [0.717, 1.165) is 0 Å². The Morgan fingerprint density at radius 3 is 2.81 bits per heavy atom. The van der Waals surface area contributed by atoms with Crippen molar-refractivity contribution in [2.75, 3.05) is 13.7 Å². The van der Waals surface area contributed by atoms with Crippen LogP contribution in [0.25, 0.3) is 10.9 Å². The molecule has 0 bridgehead atoms. The predicted octanol–water partition coefficient (Wildman–Crippen LogP) is 0.979. The lowest BCUT2D eigenvalue weighted by Crippen LogP contribution is -2.34. The smallest absolute Gasteiger partial charge is 0.255 e. The van der Waals surface area contributed by atoms with Gasteiger partial charge in [-0.15, -0.1) is 0 Å². The number of nitrogens with one attached hydrogen (secondary N) is 1. The molecule has 1 fully saturated rings. The fourth-order valence-electron chi connectivity index (χ4n) is 3.13. The molecule has 2 aromatic rings. The SMILES string of the molecule is CCC1C(COc2ncnc3cc(C(N)=O)c(OC)cc23)NC(=O)[C@H]1F. The molecule has 138 valence electrons. The predicted molar refractivity (Wildman–Crippen MR) is 90.7 cm³/mol. The van der Waals surface area contributed by atoms with Crippen LogP contribution in [0.4, 0.5) is 4.39 Å². The third kappa shape index (κ3) is 3.12. The van der Waals surface area contributed by atoms with Crippen molar-refractivity contribution < 1.29 is 23.5 Å². The largest absolute Gasteiger partial charge is 0.496 e. The van der Waals surface area contributed by atoms with E-state index in [1.807, 2.05) is 6.92 Å². The maximum atomic E-state index is 13.9. The molecule has 1 aromatic heterocycles. The number of carbonyl (C=O) groups is 2. The second kappa shape index (κ2) is 7.11. The van der Waals surface area contributed by atoms with E-state index in [1.165, 1.54) is 19.5 Å². The molecule has 1 aromatic carbocycles. The van der Waals surface area contributed by atoms with Crippen LogP contribution in [0.5, 0.6) is 11.6 Å². The normalized spacial score (nSPS) is 22.3. The van der Waals surface area contributed by atoms with Gasteiger partial charge in [-0.25, -0.2) is 14.4 Å². The number of alkyl halides is 1. The van der Waals surface area contributed by atoms with Crippen molar-refractivity contribution in [3.8, 4) is 11.6 Å². The number of amides is 2. The molecule has 3 rings (SSSR count). The van der Waals surface area contributed by atoms with Crippen LogP contribution in [0.2, 0.25) is 0 Å². The molecule has 9 heteroatoms. The Labute approximate surface area is 148 Å². The first-order chi connectivity index (χ1) is 12.5. The highest BCUT2D eigenvalue weighted by Gasteiger charge is 2.41. The summed E-state index contributed by atoms with van der Waals surface area (Å²) < 4.78 is 24.8. The van der Waals surface area contributed by atoms with Gasteiger partial charge < -0.3 is 20.5 Å². The summed E-state index contributed by atoms with van der Waals surface area (Å²) in [7, 11) is 1.42. The number of methoxy groups -OCH3 is 1. The van der Waals surface area contributed by atoms with E-state index in [9.17, 15) is 14.0 Å². The van der Waals surface area contributed by atoms with Gasteiger partial charge in [0.05, 0.1) is 29.6 Å². The van der Waals surface area contributed by atoms with Crippen LogP contribution < -0.4 is 20.5 Å². The maximum absolute atomic E-state index is 13.9. The fraction of sp³-hybridized carbons (Fsp3) is 0.412. The number of hydrogen-bond donors (Lipinski definition) is 2. The Hall–Kier alpha value is -2.97. The van der Waals surface area contributed by atoms with Crippen LogP contribution in [-0.4, -0.2) is 47.7 Å². The van der Waals surface area contributed by atoms with Crippen molar-refractivity contribution in [1.82, 2.24) is 15.3 Å². The molecule has 2 amide bonds. The zero-order chi connectivity index (χ0) is 18.8. The number of aromatic nitrogens is 2. The molecular weight excluding hydrogens is 343 g/mol. The zero-order valence-electron chi connectivity index (χ0n) is 14.4. The van der Waals surface area contributed by atoms with Crippen molar-refractivity contribution in [3.63, 3.8) is 0 Å². The average molecular weight is 362 g/mol. The summed E-state index contributed by atoms with van der Waals surface area (Å²) in [5.41, 5.74) is 6.00. The first-order valence-electron chi connectivity index (χ1n) is 8.16. The van der Waals surface area contributed by atoms with Crippen molar-refractivity contribution >= 4 is 22.7 Å². The van der Waals surface area contributed by atoms with E-state index in [1.54, 1.807) is 6.07 Å². The van der Waals surface area contributed by atoms with Crippen LogP contribution in [0, 0.1) is 5.92 Å². The van der Waals surface area contributed by atoms with Gasteiger partial charge in [-0.2, -0.15) is 0 Å². The minimum Gasteiger partial charge on any atom is -0.496 e. The summed E-state index contributed by atoms with van der Waals surface area (Å²) >= 11 is 0. The molecule has 1 saturated heterocycles. The molecule has 0 spiro atoms. The highest BCUT2D eigenvalue weighted by molar-refractivity contribution is 6.00. The summed E-state index contributed by atoms with van der Waals surface area (Å²) in [6, 6.07) is 2.61. The maximum Gasteiger partial charge on any atom is 0.255 e. The van der Waals surface area contributed by atoms with Crippen molar-refractivity contribution in [2.45, 2.75) is 25.6 Å². The lowest BCUT2D eigenvalue weighted by Gasteiger charge is -2.18. The summed E-state index contributed by atoms with van der Waals surface area (Å²) in [4.78, 5) is 31.3. The van der Waals surface area contributed by atoms with E-state index >= 15 is 0 Å². The van der Waals surface area contributed by atoms with Gasteiger partial charge in [-0.05, 0) is 18.6 Å². The molecule has 0 radical (unpaired) electrons. The summed E-state index contributed by atoms with van der Waals surface area (Å²) in [6.45, 7) is 1.89. The second-order valence-electron chi connectivity index (χ2n) is 6.01. The summed E-state index contributed by atoms with van der Waals surface area (Å²) in [5.74, 6) is -1.19. The Balaban J connectivity index is 1.89. The first-order valence-corrected chi connectivity index (χ1v) is 8.16. The molecule has 3 atom stereocenters. The van der Waals surface area contributed by atoms with Gasteiger partial charge in [0.1, 0.15) is 18.7 Å². The van der Waals surface area contributed by atoms with Gasteiger partial charge in [0.25, 0.3) is 11.8 Å². The van der Waals surface area contributed by atoms with Gasteiger partial charge >= 0.3 is 0 Å². The van der Waals surface area contributed by atoms with Gasteiger partial charge in [0, 0.05) is 5.92 Å². The topological polar surface area (TPSA) is 116 Å². The van der Waals surface area contributed by atoms with E-state index in [-0.39, 0.29) is 23.8 Å².